The Balaban J connectivity index is 0.00000441. The predicted molar refractivity (Wildman–Crippen MR) is 91.2 cm³/mol. The minimum Gasteiger partial charge on any atom is -0.348 e. The lowest BCUT2D eigenvalue weighted by molar-refractivity contribution is -0.122. The molecule has 3 amide bonds. The van der Waals surface area contributed by atoms with E-state index < -0.39 is 0 Å². The summed E-state index contributed by atoms with van der Waals surface area (Å²) in [6.45, 7) is 4.39. The number of rotatable bonds is 7. The molecule has 22 heavy (non-hydrogen) atoms. The SMILES string of the molecule is CCC(CC)(CN)NC(=O)CNC(=O)NC1CCCCC1.Cl. The van der Waals surface area contributed by atoms with Crippen molar-refractivity contribution in [2.45, 2.75) is 70.4 Å². The molecule has 1 saturated carbocycles. The van der Waals surface area contributed by atoms with Crippen LogP contribution in [-0.4, -0.2) is 36.6 Å². The van der Waals surface area contributed by atoms with Crippen LogP contribution in [0, 0.1) is 0 Å². The zero-order chi connectivity index (χ0) is 15.7. The number of hydrogen-bond donors (Lipinski definition) is 4. The summed E-state index contributed by atoms with van der Waals surface area (Å²) in [4.78, 5) is 23.7. The van der Waals surface area contributed by atoms with Gasteiger partial charge in [-0.05, 0) is 25.7 Å². The van der Waals surface area contributed by atoms with Crippen LogP contribution in [-0.2, 0) is 4.79 Å². The van der Waals surface area contributed by atoms with E-state index >= 15 is 0 Å². The molecule has 0 aliphatic heterocycles. The molecule has 0 bridgehead atoms. The van der Waals surface area contributed by atoms with Crippen molar-refractivity contribution in [1.29, 1.82) is 0 Å². The van der Waals surface area contributed by atoms with Gasteiger partial charge in [0.25, 0.3) is 0 Å². The van der Waals surface area contributed by atoms with Crippen molar-refractivity contribution in [3.05, 3.63) is 0 Å². The van der Waals surface area contributed by atoms with E-state index in [9.17, 15) is 9.59 Å². The standard InChI is InChI=1S/C15H30N4O2.ClH/c1-3-15(4-2,11-16)19-13(20)10-17-14(21)18-12-8-6-5-7-9-12;/h12H,3-11,16H2,1-2H3,(H,19,20)(H2,17,18,21);1H. The van der Waals surface area contributed by atoms with Gasteiger partial charge in [0.15, 0.2) is 0 Å². The Kier molecular flexibility index (Phi) is 10.2. The molecule has 1 aliphatic carbocycles. The van der Waals surface area contributed by atoms with Gasteiger partial charge in [-0.15, -0.1) is 12.4 Å². The van der Waals surface area contributed by atoms with Gasteiger partial charge in [-0.25, -0.2) is 4.79 Å². The number of urea groups is 1. The lowest BCUT2D eigenvalue weighted by atomic mass is 9.93. The van der Waals surface area contributed by atoms with Gasteiger partial charge < -0.3 is 21.7 Å². The zero-order valence-corrected chi connectivity index (χ0v) is 14.6. The van der Waals surface area contributed by atoms with E-state index in [1.165, 1.54) is 6.42 Å². The molecule has 1 rings (SSSR count). The normalized spacial score (nSPS) is 15.6. The predicted octanol–water partition coefficient (Wildman–Crippen LogP) is 1.67. The summed E-state index contributed by atoms with van der Waals surface area (Å²) in [7, 11) is 0. The van der Waals surface area contributed by atoms with Crippen LogP contribution < -0.4 is 21.7 Å². The molecule has 1 aliphatic rings. The molecule has 1 fully saturated rings. The van der Waals surface area contributed by atoms with Crippen LogP contribution in [0.25, 0.3) is 0 Å². The molecule has 0 spiro atoms. The van der Waals surface area contributed by atoms with Gasteiger partial charge in [0.05, 0.1) is 12.1 Å². The van der Waals surface area contributed by atoms with Gasteiger partial charge in [0.1, 0.15) is 0 Å². The number of hydrogen-bond acceptors (Lipinski definition) is 3. The number of carbonyl (C=O) groups is 2. The molecule has 0 heterocycles. The largest absolute Gasteiger partial charge is 0.348 e. The van der Waals surface area contributed by atoms with Crippen molar-refractivity contribution in [3.63, 3.8) is 0 Å². The number of halogens is 1. The lowest BCUT2D eigenvalue weighted by Gasteiger charge is -2.31. The fraction of sp³-hybridized carbons (Fsp3) is 0.867. The monoisotopic (exact) mass is 334 g/mol. The highest BCUT2D eigenvalue weighted by Gasteiger charge is 2.26. The highest BCUT2D eigenvalue weighted by atomic mass is 35.5. The van der Waals surface area contributed by atoms with E-state index in [0.29, 0.717) is 6.54 Å². The Morgan fingerprint density at radius 1 is 1.14 bits per heavy atom. The molecule has 0 unspecified atom stereocenters. The van der Waals surface area contributed by atoms with E-state index in [1.807, 2.05) is 13.8 Å². The Hall–Kier alpha value is -1.01. The Morgan fingerprint density at radius 2 is 1.73 bits per heavy atom. The Labute approximate surface area is 139 Å². The van der Waals surface area contributed by atoms with Gasteiger partial charge in [-0.1, -0.05) is 33.1 Å². The van der Waals surface area contributed by atoms with E-state index in [2.05, 4.69) is 16.0 Å². The third kappa shape index (κ3) is 6.83. The van der Waals surface area contributed by atoms with Crippen LogP contribution in [0.4, 0.5) is 4.79 Å². The number of nitrogens with one attached hydrogen (secondary N) is 3. The van der Waals surface area contributed by atoms with Crippen molar-refractivity contribution >= 4 is 24.3 Å². The van der Waals surface area contributed by atoms with Crippen LogP contribution >= 0.6 is 12.4 Å². The van der Waals surface area contributed by atoms with Crippen molar-refractivity contribution in [2.75, 3.05) is 13.1 Å². The number of carbonyl (C=O) groups excluding carboxylic acids is 2. The summed E-state index contributed by atoms with van der Waals surface area (Å²) in [5.74, 6) is -0.192. The van der Waals surface area contributed by atoms with Crippen LogP contribution in [0.3, 0.4) is 0 Å². The van der Waals surface area contributed by atoms with Gasteiger partial charge >= 0.3 is 6.03 Å². The van der Waals surface area contributed by atoms with Crippen molar-refractivity contribution in [1.82, 2.24) is 16.0 Å². The second kappa shape index (κ2) is 10.7. The first-order valence-corrected chi connectivity index (χ1v) is 8.10. The number of nitrogens with two attached hydrogens (primary N) is 1. The second-order valence-corrected chi connectivity index (χ2v) is 5.90. The minimum atomic E-state index is -0.362. The first-order valence-electron chi connectivity index (χ1n) is 8.10. The molecule has 0 aromatic heterocycles. The summed E-state index contributed by atoms with van der Waals surface area (Å²) in [6, 6.07) is -0.0142. The van der Waals surface area contributed by atoms with Crippen molar-refractivity contribution in [3.8, 4) is 0 Å². The molecule has 130 valence electrons. The smallest absolute Gasteiger partial charge is 0.315 e. The molecular weight excluding hydrogens is 304 g/mol. The lowest BCUT2D eigenvalue weighted by Crippen LogP contribution is -2.55. The summed E-state index contributed by atoms with van der Waals surface area (Å²) < 4.78 is 0. The quantitative estimate of drug-likeness (QED) is 0.570. The van der Waals surface area contributed by atoms with Crippen molar-refractivity contribution < 1.29 is 9.59 Å². The summed E-state index contributed by atoms with van der Waals surface area (Å²) in [5, 5.41) is 8.48. The molecule has 6 nitrogen and oxygen atoms in total. The summed E-state index contributed by atoms with van der Waals surface area (Å²) in [6.07, 6.45) is 7.19. The highest BCUT2D eigenvalue weighted by Crippen LogP contribution is 2.17. The molecule has 0 aromatic rings. The minimum absolute atomic E-state index is 0. The van der Waals surface area contributed by atoms with Crippen LogP contribution in [0.1, 0.15) is 58.8 Å². The molecule has 0 atom stereocenters. The molecule has 0 radical (unpaired) electrons. The molecule has 0 saturated heterocycles. The van der Waals surface area contributed by atoms with Crippen molar-refractivity contribution in [2.24, 2.45) is 5.73 Å². The van der Waals surface area contributed by atoms with Gasteiger partial charge in [0, 0.05) is 12.6 Å². The second-order valence-electron chi connectivity index (χ2n) is 5.90. The molecular formula is C15H31ClN4O2. The third-order valence-corrected chi connectivity index (χ3v) is 4.50. The Morgan fingerprint density at radius 3 is 2.23 bits per heavy atom. The molecule has 7 heteroatoms. The first kappa shape index (κ1) is 21.0. The topological polar surface area (TPSA) is 96.2 Å². The highest BCUT2D eigenvalue weighted by molar-refractivity contribution is 5.85. The van der Waals surface area contributed by atoms with E-state index in [0.717, 1.165) is 38.5 Å². The van der Waals surface area contributed by atoms with Gasteiger partial charge in [-0.2, -0.15) is 0 Å². The van der Waals surface area contributed by atoms with Crippen LogP contribution in [0.5, 0.6) is 0 Å². The maximum Gasteiger partial charge on any atom is 0.315 e. The van der Waals surface area contributed by atoms with Crippen LogP contribution in [0.15, 0.2) is 0 Å². The van der Waals surface area contributed by atoms with E-state index in [4.69, 9.17) is 5.73 Å². The van der Waals surface area contributed by atoms with E-state index in [1.54, 1.807) is 0 Å². The van der Waals surface area contributed by atoms with E-state index in [-0.39, 0.29) is 42.5 Å². The average Bonchev–Trinajstić information content (AvgIpc) is 2.52. The molecule has 0 aromatic carbocycles. The summed E-state index contributed by atoms with van der Waals surface area (Å²) in [5.41, 5.74) is 5.38. The maximum absolute atomic E-state index is 11.9. The maximum atomic E-state index is 11.9. The zero-order valence-electron chi connectivity index (χ0n) is 13.7. The van der Waals surface area contributed by atoms with Gasteiger partial charge in [0.2, 0.25) is 5.91 Å². The third-order valence-electron chi connectivity index (χ3n) is 4.50. The molecule has 5 N–H and O–H groups in total. The first-order chi connectivity index (χ1) is 10.0. The summed E-state index contributed by atoms with van der Waals surface area (Å²) >= 11 is 0. The van der Waals surface area contributed by atoms with Gasteiger partial charge in [-0.3, -0.25) is 4.79 Å². The fourth-order valence-electron chi connectivity index (χ4n) is 2.75. The Bertz CT molecular complexity index is 334. The van der Waals surface area contributed by atoms with Crippen LogP contribution in [0.2, 0.25) is 0 Å². The number of amides is 3. The fourth-order valence-corrected chi connectivity index (χ4v) is 2.75. The average molecular weight is 335 g/mol.